The number of hydrogen-bond donors (Lipinski definition) is 1. The number of rotatable bonds is 6. The second kappa shape index (κ2) is 8.44. The van der Waals surface area contributed by atoms with Gasteiger partial charge in [-0.25, -0.2) is 5.01 Å². The van der Waals surface area contributed by atoms with Crippen LogP contribution in [-0.4, -0.2) is 41.8 Å². The van der Waals surface area contributed by atoms with Crippen LogP contribution in [0.3, 0.4) is 0 Å². The first-order valence-corrected chi connectivity index (χ1v) is 9.37. The molecule has 2 aromatic carbocycles. The Bertz CT molecular complexity index is 909. The minimum absolute atomic E-state index is 0.0867. The van der Waals surface area contributed by atoms with E-state index in [2.05, 4.69) is 5.10 Å². The summed E-state index contributed by atoms with van der Waals surface area (Å²) in [5, 5.41) is 15.5. The zero-order valence-electron chi connectivity index (χ0n) is 15.8. The molecule has 6 nitrogen and oxygen atoms in total. The Morgan fingerprint density at radius 1 is 1.18 bits per heavy atom. The Labute approximate surface area is 169 Å². The maximum atomic E-state index is 12.7. The Morgan fingerprint density at radius 2 is 1.89 bits per heavy atom. The number of carbonyl (C=O) groups excluding carboxylic acids is 1. The number of halogens is 1. The predicted octanol–water partition coefficient (Wildman–Crippen LogP) is 3.95. The second-order valence-corrected chi connectivity index (χ2v) is 7.33. The lowest BCUT2D eigenvalue weighted by molar-refractivity contribution is -0.141. The predicted molar refractivity (Wildman–Crippen MR) is 110 cm³/mol. The van der Waals surface area contributed by atoms with E-state index < -0.39 is 5.97 Å². The van der Waals surface area contributed by atoms with Gasteiger partial charge in [0, 0.05) is 37.6 Å². The van der Waals surface area contributed by atoms with E-state index in [4.69, 9.17) is 16.7 Å². The summed E-state index contributed by atoms with van der Waals surface area (Å²) >= 11 is 5.98. The number of anilines is 1. The molecule has 2 aromatic rings. The molecule has 1 amide bonds. The molecule has 0 aromatic heterocycles. The Balaban J connectivity index is 1.93. The molecular weight excluding hydrogens is 378 g/mol. The largest absolute Gasteiger partial charge is 0.481 e. The van der Waals surface area contributed by atoms with E-state index in [1.807, 2.05) is 55.4 Å². The van der Waals surface area contributed by atoms with Crippen LogP contribution in [0.15, 0.2) is 53.6 Å². The molecule has 1 N–H and O–H groups in total. The van der Waals surface area contributed by atoms with Gasteiger partial charge >= 0.3 is 5.97 Å². The fourth-order valence-corrected chi connectivity index (χ4v) is 3.28. The van der Waals surface area contributed by atoms with Crippen LogP contribution in [0.25, 0.3) is 0 Å². The van der Waals surface area contributed by atoms with Crippen LogP contribution in [-0.2, 0) is 9.59 Å². The van der Waals surface area contributed by atoms with Crippen molar-refractivity contribution in [2.24, 2.45) is 5.10 Å². The normalized spacial score (nSPS) is 16.0. The van der Waals surface area contributed by atoms with Crippen molar-refractivity contribution in [1.82, 2.24) is 5.01 Å². The van der Waals surface area contributed by atoms with Crippen molar-refractivity contribution in [3.8, 4) is 0 Å². The van der Waals surface area contributed by atoms with Gasteiger partial charge in [-0.15, -0.1) is 0 Å². The highest BCUT2D eigenvalue weighted by Crippen LogP contribution is 2.35. The van der Waals surface area contributed by atoms with E-state index in [1.165, 1.54) is 5.01 Å². The van der Waals surface area contributed by atoms with E-state index in [0.29, 0.717) is 11.4 Å². The Kier molecular flexibility index (Phi) is 5.99. The van der Waals surface area contributed by atoms with Gasteiger partial charge in [0.25, 0.3) is 0 Å². The first-order chi connectivity index (χ1) is 13.3. The molecule has 0 spiro atoms. The molecule has 0 saturated carbocycles. The summed E-state index contributed by atoms with van der Waals surface area (Å²) in [5.74, 6) is -1.30. The van der Waals surface area contributed by atoms with Crippen LogP contribution in [0.5, 0.6) is 0 Å². The molecule has 0 bridgehead atoms. The third-order valence-corrected chi connectivity index (χ3v) is 4.92. The van der Waals surface area contributed by atoms with Gasteiger partial charge in [0.15, 0.2) is 0 Å². The number of aliphatic carboxylic acids is 1. The summed E-state index contributed by atoms with van der Waals surface area (Å²) in [4.78, 5) is 25.6. The molecule has 0 fully saturated rings. The van der Waals surface area contributed by atoms with Crippen LogP contribution < -0.4 is 4.90 Å². The first kappa shape index (κ1) is 19.9. The fourth-order valence-electron chi connectivity index (χ4n) is 3.16. The Morgan fingerprint density at radius 3 is 2.54 bits per heavy atom. The standard InChI is InChI=1S/C21H22ClN3O3/c1-24(2)17-5-3-4-15(12-17)19-13-18(14-6-8-16(22)9-7-14)23-25(19)20(26)10-11-21(27)28/h3-9,12,19H,10-11,13H2,1-2H3,(H,27,28)/t19-/m1/s1. The van der Waals surface area contributed by atoms with Crippen LogP contribution in [0.4, 0.5) is 5.69 Å². The van der Waals surface area contributed by atoms with Crippen molar-refractivity contribution in [3.63, 3.8) is 0 Å². The summed E-state index contributed by atoms with van der Waals surface area (Å²) in [6, 6.07) is 15.0. The smallest absolute Gasteiger partial charge is 0.303 e. The maximum absolute atomic E-state index is 12.7. The molecule has 0 radical (unpaired) electrons. The molecule has 146 valence electrons. The zero-order valence-corrected chi connectivity index (χ0v) is 16.6. The van der Waals surface area contributed by atoms with Gasteiger partial charge in [0.05, 0.1) is 18.2 Å². The van der Waals surface area contributed by atoms with E-state index in [-0.39, 0.29) is 24.8 Å². The number of carboxylic acid groups (broad SMARTS) is 1. The fraction of sp³-hybridized carbons (Fsp3) is 0.286. The van der Waals surface area contributed by atoms with E-state index in [0.717, 1.165) is 22.5 Å². The lowest BCUT2D eigenvalue weighted by Crippen LogP contribution is -2.27. The molecule has 0 aliphatic carbocycles. The van der Waals surface area contributed by atoms with Gasteiger partial charge < -0.3 is 10.0 Å². The average molecular weight is 400 g/mol. The SMILES string of the molecule is CN(C)c1cccc([C@H]2CC(c3ccc(Cl)cc3)=NN2C(=O)CCC(=O)O)c1. The number of nitrogens with zero attached hydrogens (tertiary/aromatic N) is 3. The molecule has 1 atom stereocenters. The summed E-state index contributed by atoms with van der Waals surface area (Å²) in [5.41, 5.74) is 3.66. The van der Waals surface area contributed by atoms with Crippen molar-refractivity contribution < 1.29 is 14.7 Å². The first-order valence-electron chi connectivity index (χ1n) is 8.99. The minimum atomic E-state index is -0.999. The average Bonchev–Trinajstić information content (AvgIpc) is 3.12. The topological polar surface area (TPSA) is 73.2 Å². The third kappa shape index (κ3) is 4.51. The molecule has 1 heterocycles. The number of carbonyl (C=O) groups is 2. The second-order valence-electron chi connectivity index (χ2n) is 6.89. The van der Waals surface area contributed by atoms with Gasteiger partial charge in [-0.1, -0.05) is 35.9 Å². The summed E-state index contributed by atoms with van der Waals surface area (Å²) < 4.78 is 0. The molecule has 7 heteroatoms. The summed E-state index contributed by atoms with van der Waals surface area (Å²) in [6.45, 7) is 0. The lowest BCUT2D eigenvalue weighted by Gasteiger charge is -2.23. The van der Waals surface area contributed by atoms with Gasteiger partial charge in [-0.3, -0.25) is 9.59 Å². The van der Waals surface area contributed by atoms with Gasteiger partial charge in [0.2, 0.25) is 5.91 Å². The van der Waals surface area contributed by atoms with Crippen molar-refractivity contribution >= 4 is 34.9 Å². The Hall–Kier alpha value is -2.86. The van der Waals surface area contributed by atoms with Crippen LogP contribution in [0.1, 0.15) is 36.4 Å². The van der Waals surface area contributed by atoms with Gasteiger partial charge in [0.1, 0.15) is 0 Å². The number of hydrazone groups is 1. The van der Waals surface area contributed by atoms with E-state index in [1.54, 1.807) is 12.1 Å². The molecule has 3 rings (SSSR count). The quantitative estimate of drug-likeness (QED) is 0.798. The molecular formula is C21H22ClN3O3. The van der Waals surface area contributed by atoms with Crippen LogP contribution in [0.2, 0.25) is 5.02 Å². The molecule has 1 aliphatic heterocycles. The highest BCUT2D eigenvalue weighted by atomic mass is 35.5. The van der Waals surface area contributed by atoms with Crippen LogP contribution in [0, 0.1) is 0 Å². The third-order valence-electron chi connectivity index (χ3n) is 4.67. The number of hydrogen-bond acceptors (Lipinski definition) is 4. The van der Waals surface area contributed by atoms with Gasteiger partial charge in [-0.2, -0.15) is 5.10 Å². The monoisotopic (exact) mass is 399 g/mol. The van der Waals surface area contributed by atoms with Gasteiger partial charge in [-0.05, 0) is 35.4 Å². The van der Waals surface area contributed by atoms with Crippen molar-refractivity contribution in [1.29, 1.82) is 0 Å². The number of carboxylic acids is 1. The van der Waals surface area contributed by atoms with Crippen molar-refractivity contribution in [2.75, 3.05) is 19.0 Å². The van der Waals surface area contributed by atoms with Crippen molar-refractivity contribution in [2.45, 2.75) is 25.3 Å². The number of amides is 1. The summed E-state index contributed by atoms with van der Waals surface area (Å²) in [6.07, 6.45) is 0.250. The zero-order chi connectivity index (χ0) is 20.3. The number of benzene rings is 2. The molecule has 0 unspecified atom stereocenters. The maximum Gasteiger partial charge on any atom is 0.303 e. The van der Waals surface area contributed by atoms with Crippen molar-refractivity contribution in [3.05, 3.63) is 64.7 Å². The minimum Gasteiger partial charge on any atom is -0.481 e. The highest BCUT2D eigenvalue weighted by Gasteiger charge is 2.33. The lowest BCUT2D eigenvalue weighted by atomic mass is 9.97. The molecule has 1 aliphatic rings. The van der Waals surface area contributed by atoms with E-state index in [9.17, 15) is 9.59 Å². The molecule has 0 saturated heterocycles. The van der Waals surface area contributed by atoms with Crippen LogP contribution >= 0.6 is 11.6 Å². The molecule has 28 heavy (non-hydrogen) atoms. The van der Waals surface area contributed by atoms with E-state index >= 15 is 0 Å². The highest BCUT2D eigenvalue weighted by molar-refractivity contribution is 6.30. The summed E-state index contributed by atoms with van der Waals surface area (Å²) in [7, 11) is 3.92.